The van der Waals surface area contributed by atoms with Crippen LogP contribution in [0.1, 0.15) is 20.8 Å². The van der Waals surface area contributed by atoms with Crippen molar-refractivity contribution in [3.05, 3.63) is 46.3 Å². The monoisotopic (exact) mass is 296 g/mol. The van der Waals surface area contributed by atoms with Gasteiger partial charge >= 0.3 is 0 Å². The Labute approximate surface area is 125 Å². The number of aryl methyl sites for hydroxylation is 1. The van der Waals surface area contributed by atoms with Gasteiger partial charge in [0.2, 0.25) is 5.78 Å². The Bertz CT molecular complexity index is 921. The fourth-order valence-electron chi connectivity index (χ4n) is 3.12. The van der Waals surface area contributed by atoms with Crippen molar-refractivity contribution in [1.29, 1.82) is 0 Å². The summed E-state index contributed by atoms with van der Waals surface area (Å²) in [5.41, 5.74) is 2.86. The minimum Gasteiger partial charge on any atom is -0.507 e. The van der Waals surface area contributed by atoms with Gasteiger partial charge in [0.1, 0.15) is 11.5 Å². The van der Waals surface area contributed by atoms with Crippen LogP contribution in [0.3, 0.4) is 0 Å². The fraction of sp³-hybridized carbons (Fsp3) is 0.118. The summed E-state index contributed by atoms with van der Waals surface area (Å²) in [5.74, 6) is 0.407. The molecule has 0 radical (unpaired) electrons. The van der Waals surface area contributed by atoms with E-state index in [0.29, 0.717) is 16.9 Å². The average molecular weight is 296 g/mol. The van der Waals surface area contributed by atoms with Gasteiger partial charge in [0.25, 0.3) is 0 Å². The van der Waals surface area contributed by atoms with Gasteiger partial charge in [0.05, 0.1) is 18.2 Å². The number of fused-ring (bicyclic) bond motifs is 2. The van der Waals surface area contributed by atoms with Gasteiger partial charge in [0.15, 0.2) is 0 Å². The molecule has 4 rings (SSSR count). The molecule has 0 fully saturated rings. The molecule has 0 aliphatic heterocycles. The molecule has 0 saturated carbocycles. The molecule has 0 atom stereocenters. The Morgan fingerprint density at radius 2 is 1.90 bits per heavy atom. The maximum Gasteiger partial charge on any atom is 0.201 e. The molecule has 1 N–H and O–H groups in total. The molecule has 1 aliphatic rings. The Morgan fingerprint density at radius 3 is 2.67 bits per heavy atom. The maximum absolute atomic E-state index is 12.9. The molecule has 1 heterocycles. The topological polar surface area (TPSA) is 46.5 Å². The van der Waals surface area contributed by atoms with Crippen LogP contribution in [0, 0.1) is 6.92 Å². The van der Waals surface area contributed by atoms with Crippen LogP contribution < -0.4 is 4.74 Å². The number of benzene rings is 2. The highest BCUT2D eigenvalue weighted by Crippen LogP contribution is 2.49. The molecule has 0 unspecified atom stereocenters. The highest BCUT2D eigenvalue weighted by molar-refractivity contribution is 7.19. The SMILES string of the molecule is COc1cccc2c1C(=O)c1c(O)ccc3sc(C)c-2c13. The number of hydrogen-bond acceptors (Lipinski definition) is 4. The van der Waals surface area contributed by atoms with Gasteiger partial charge in [-0.05, 0) is 30.7 Å². The van der Waals surface area contributed by atoms with E-state index in [-0.39, 0.29) is 11.5 Å². The fourth-order valence-corrected chi connectivity index (χ4v) is 4.21. The van der Waals surface area contributed by atoms with E-state index in [1.165, 1.54) is 0 Å². The Kier molecular flexibility index (Phi) is 2.41. The molecule has 104 valence electrons. The largest absolute Gasteiger partial charge is 0.507 e. The highest BCUT2D eigenvalue weighted by Gasteiger charge is 2.32. The van der Waals surface area contributed by atoms with Crippen LogP contribution >= 0.6 is 11.3 Å². The van der Waals surface area contributed by atoms with Gasteiger partial charge in [-0.2, -0.15) is 0 Å². The molecule has 4 heteroatoms. The number of hydrogen-bond donors (Lipinski definition) is 1. The average Bonchev–Trinajstić information content (AvgIpc) is 2.82. The zero-order chi connectivity index (χ0) is 14.7. The Hall–Kier alpha value is -2.33. The quantitative estimate of drug-likeness (QED) is 0.574. The van der Waals surface area contributed by atoms with Crippen LogP contribution in [0.5, 0.6) is 11.5 Å². The normalized spacial score (nSPS) is 12.6. The van der Waals surface area contributed by atoms with E-state index in [1.807, 2.05) is 25.1 Å². The van der Waals surface area contributed by atoms with Crippen LogP contribution in [0.15, 0.2) is 30.3 Å². The molecule has 0 saturated heterocycles. The van der Waals surface area contributed by atoms with Gasteiger partial charge in [-0.15, -0.1) is 11.3 Å². The lowest BCUT2D eigenvalue weighted by molar-refractivity contribution is 0.103. The maximum atomic E-state index is 12.9. The lowest BCUT2D eigenvalue weighted by Crippen LogP contribution is -2.11. The summed E-state index contributed by atoms with van der Waals surface area (Å²) in [6.45, 7) is 2.04. The molecule has 2 aromatic carbocycles. The minimum atomic E-state index is -0.171. The molecule has 3 nitrogen and oxygen atoms in total. The van der Waals surface area contributed by atoms with Crippen LogP contribution in [0.25, 0.3) is 21.2 Å². The zero-order valence-electron chi connectivity index (χ0n) is 11.6. The molecular formula is C17H12O3S. The molecule has 3 aromatic rings. The molecule has 0 amide bonds. The van der Waals surface area contributed by atoms with E-state index in [4.69, 9.17) is 4.74 Å². The number of ketones is 1. The van der Waals surface area contributed by atoms with Crippen LogP contribution in [-0.4, -0.2) is 18.0 Å². The van der Waals surface area contributed by atoms with Crippen molar-refractivity contribution in [1.82, 2.24) is 0 Å². The van der Waals surface area contributed by atoms with Crippen molar-refractivity contribution in [3.8, 4) is 22.6 Å². The van der Waals surface area contributed by atoms with E-state index >= 15 is 0 Å². The van der Waals surface area contributed by atoms with Gasteiger partial charge in [0, 0.05) is 20.5 Å². The van der Waals surface area contributed by atoms with E-state index in [9.17, 15) is 9.90 Å². The van der Waals surface area contributed by atoms with Gasteiger partial charge in [-0.25, -0.2) is 0 Å². The second-order valence-corrected chi connectivity index (χ2v) is 6.33. The van der Waals surface area contributed by atoms with Crippen molar-refractivity contribution < 1.29 is 14.6 Å². The number of aromatic hydroxyl groups is 1. The van der Waals surface area contributed by atoms with E-state index < -0.39 is 0 Å². The number of rotatable bonds is 1. The number of phenolic OH excluding ortho intramolecular Hbond substituents is 1. The third-order valence-electron chi connectivity index (χ3n) is 3.98. The third-order valence-corrected chi connectivity index (χ3v) is 5.05. The first kappa shape index (κ1) is 12.4. The van der Waals surface area contributed by atoms with Crippen LogP contribution in [-0.2, 0) is 0 Å². The zero-order valence-corrected chi connectivity index (χ0v) is 12.4. The number of carbonyl (C=O) groups is 1. The van der Waals surface area contributed by atoms with E-state index in [2.05, 4.69) is 0 Å². The second kappa shape index (κ2) is 4.09. The number of methoxy groups -OCH3 is 1. The predicted molar refractivity (Wildman–Crippen MR) is 83.6 cm³/mol. The number of ether oxygens (including phenoxy) is 1. The minimum absolute atomic E-state index is 0.0307. The summed E-state index contributed by atoms with van der Waals surface area (Å²) in [7, 11) is 1.55. The lowest BCUT2D eigenvalue weighted by Gasteiger charge is -2.19. The van der Waals surface area contributed by atoms with Crippen molar-refractivity contribution in [2.45, 2.75) is 6.92 Å². The lowest BCUT2D eigenvalue weighted by atomic mass is 9.84. The standard InChI is InChI=1S/C17H12O3S/c1-8-13-9-4-3-5-11(20-2)14(9)17(19)15-10(18)6-7-12(21-8)16(13)15/h3-7,18H,1-2H3. The summed E-state index contributed by atoms with van der Waals surface area (Å²) in [6.07, 6.45) is 0. The van der Waals surface area contributed by atoms with Crippen molar-refractivity contribution >= 4 is 27.2 Å². The summed E-state index contributed by atoms with van der Waals surface area (Å²) < 4.78 is 6.38. The summed E-state index contributed by atoms with van der Waals surface area (Å²) in [4.78, 5) is 14.0. The molecule has 1 aliphatic carbocycles. The van der Waals surface area contributed by atoms with Crippen LogP contribution in [0.4, 0.5) is 0 Å². The molecule has 0 spiro atoms. The highest BCUT2D eigenvalue weighted by atomic mass is 32.1. The van der Waals surface area contributed by atoms with E-state index in [0.717, 1.165) is 26.1 Å². The summed E-state index contributed by atoms with van der Waals surface area (Å²) in [5, 5.41) is 11.0. The van der Waals surface area contributed by atoms with Crippen molar-refractivity contribution in [3.63, 3.8) is 0 Å². The number of carbonyl (C=O) groups excluding carboxylic acids is 1. The van der Waals surface area contributed by atoms with Crippen molar-refractivity contribution in [2.24, 2.45) is 0 Å². The molecular weight excluding hydrogens is 284 g/mol. The predicted octanol–water partition coefficient (Wildman–Crippen LogP) is 4.14. The summed E-state index contributed by atoms with van der Waals surface area (Å²) in [6, 6.07) is 9.07. The second-order valence-electron chi connectivity index (χ2n) is 5.08. The number of phenols is 1. The van der Waals surface area contributed by atoms with Gasteiger partial charge in [-0.3, -0.25) is 4.79 Å². The first-order valence-corrected chi connectivity index (χ1v) is 7.42. The third kappa shape index (κ3) is 1.45. The molecule has 21 heavy (non-hydrogen) atoms. The summed E-state index contributed by atoms with van der Waals surface area (Å²) >= 11 is 1.64. The van der Waals surface area contributed by atoms with Gasteiger partial charge < -0.3 is 9.84 Å². The Morgan fingerprint density at radius 1 is 1.10 bits per heavy atom. The smallest absolute Gasteiger partial charge is 0.201 e. The molecule has 1 aromatic heterocycles. The first-order chi connectivity index (χ1) is 10.1. The number of thiophene rings is 1. The van der Waals surface area contributed by atoms with Gasteiger partial charge in [-0.1, -0.05) is 12.1 Å². The Balaban J connectivity index is 2.26. The van der Waals surface area contributed by atoms with E-state index in [1.54, 1.807) is 30.6 Å². The van der Waals surface area contributed by atoms with Crippen LogP contribution in [0.2, 0.25) is 0 Å². The first-order valence-electron chi connectivity index (χ1n) is 6.60. The van der Waals surface area contributed by atoms with Crippen molar-refractivity contribution in [2.75, 3.05) is 7.11 Å². The molecule has 0 bridgehead atoms.